The van der Waals surface area contributed by atoms with Crippen molar-refractivity contribution < 1.29 is 27.9 Å². The number of rotatable bonds is 3. The quantitative estimate of drug-likeness (QED) is 0.446. The molecule has 0 spiro atoms. The first-order valence-corrected chi connectivity index (χ1v) is 7.79. The summed E-state index contributed by atoms with van der Waals surface area (Å²) in [5, 5.41) is 13.8. The lowest BCUT2D eigenvalue weighted by atomic mass is 9.95. The van der Waals surface area contributed by atoms with Crippen LogP contribution in [0.3, 0.4) is 0 Å². The largest absolute Gasteiger partial charge is 0.396 e. The molecule has 0 aromatic heterocycles. The van der Waals surface area contributed by atoms with Gasteiger partial charge in [0.15, 0.2) is 11.6 Å². The van der Waals surface area contributed by atoms with E-state index < -0.39 is 35.0 Å². The monoisotopic (exact) mass is 344 g/mol. The van der Waals surface area contributed by atoms with Crippen LogP contribution in [0.4, 0.5) is 18.9 Å². The molecule has 8 heteroatoms. The van der Waals surface area contributed by atoms with Crippen LogP contribution in [0.2, 0.25) is 0 Å². The number of amides is 2. The number of aliphatic hydroxyl groups is 1. The Balaban J connectivity index is 2.01. The molecule has 0 saturated heterocycles. The Kier molecular flexibility index (Phi) is 6.19. The molecule has 132 valence electrons. The molecule has 1 fully saturated rings. The molecule has 2 rings (SSSR count). The van der Waals surface area contributed by atoms with E-state index in [0.29, 0.717) is 12.5 Å². The second kappa shape index (κ2) is 8.14. The predicted molar refractivity (Wildman–Crippen MR) is 80.5 cm³/mol. The molecule has 0 bridgehead atoms. The molecule has 1 aliphatic rings. The van der Waals surface area contributed by atoms with Gasteiger partial charge in [-0.2, -0.15) is 0 Å². The highest BCUT2D eigenvalue weighted by atomic mass is 19.2. The predicted octanol–water partition coefficient (Wildman–Crippen LogP) is 2.10. The van der Waals surface area contributed by atoms with Gasteiger partial charge >= 0.3 is 11.8 Å². The maximum Gasteiger partial charge on any atom is 0.313 e. The Hall–Kier alpha value is -2.09. The van der Waals surface area contributed by atoms with Gasteiger partial charge in [-0.15, -0.1) is 0 Å². The Labute approximate surface area is 137 Å². The molecule has 2 amide bonds. The lowest BCUT2D eigenvalue weighted by Crippen LogP contribution is -2.46. The molecule has 2 unspecified atom stereocenters. The number of carbonyl (C=O) groups is 2. The fourth-order valence-electron chi connectivity index (χ4n) is 2.82. The third-order valence-electron chi connectivity index (χ3n) is 4.17. The van der Waals surface area contributed by atoms with Crippen molar-refractivity contribution in [1.82, 2.24) is 5.32 Å². The van der Waals surface area contributed by atoms with Gasteiger partial charge in [0.1, 0.15) is 5.82 Å². The SMILES string of the molecule is O=C(Nc1cc(F)c(F)cc1F)C(=O)NC1CCCCCC1CO. The van der Waals surface area contributed by atoms with Gasteiger partial charge in [-0.25, -0.2) is 13.2 Å². The number of aliphatic hydroxyl groups excluding tert-OH is 1. The van der Waals surface area contributed by atoms with Crippen molar-refractivity contribution in [2.24, 2.45) is 5.92 Å². The van der Waals surface area contributed by atoms with Gasteiger partial charge in [0.05, 0.1) is 5.69 Å². The van der Waals surface area contributed by atoms with Crippen LogP contribution in [0.1, 0.15) is 32.1 Å². The Bertz CT molecular complexity index is 625. The van der Waals surface area contributed by atoms with E-state index in [9.17, 15) is 27.9 Å². The van der Waals surface area contributed by atoms with Gasteiger partial charge in [-0.05, 0) is 12.8 Å². The van der Waals surface area contributed by atoms with Crippen molar-refractivity contribution in [2.75, 3.05) is 11.9 Å². The van der Waals surface area contributed by atoms with Crippen LogP contribution in [0, 0.1) is 23.4 Å². The third kappa shape index (κ3) is 4.47. The topological polar surface area (TPSA) is 78.4 Å². The number of hydrogen-bond donors (Lipinski definition) is 3. The molecule has 1 aromatic rings. The Morgan fingerprint density at radius 1 is 1.00 bits per heavy atom. The van der Waals surface area contributed by atoms with Crippen LogP contribution in [0.15, 0.2) is 12.1 Å². The molecule has 2 atom stereocenters. The van der Waals surface area contributed by atoms with E-state index in [2.05, 4.69) is 5.32 Å². The minimum atomic E-state index is -1.39. The summed E-state index contributed by atoms with van der Waals surface area (Å²) in [6, 6.07) is 0.402. The minimum absolute atomic E-state index is 0.107. The smallest absolute Gasteiger partial charge is 0.313 e. The first-order chi connectivity index (χ1) is 11.4. The molecule has 5 nitrogen and oxygen atoms in total. The Morgan fingerprint density at radius 3 is 2.38 bits per heavy atom. The van der Waals surface area contributed by atoms with Gasteiger partial charge in [-0.3, -0.25) is 9.59 Å². The highest BCUT2D eigenvalue weighted by Gasteiger charge is 2.27. The molecule has 0 aliphatic heterocycles. The number of benzene rings is 1. The number of halogens is 3. The highest BCUT2D eigenvalue weighted by molar-refractivity contribution is 6.39. The zero-order valence-electron chi connectivity index (χ0n) is 12.9. The van der Waals surface area contributed by atoms with Crippen molar-refractivity contribution in [3.8, 4) is 0 Å². The van der Waals surface area contributed by atoms with Crippen LogP contribution >= 0.6 is 0 Å². The fraction of sp³-hybridized carbons (Fsp3) is 0.500. The van der Waals surface area contributed by atoms with Crippen molar-refractivity contribution in [1.29, 1.82) is 0 Å². The molecular formula is C16H19F3N2O3. The number of carbonyl (C=O) groups excluding carboxylic acids is 2. The fourth-order valence-corrected chi connectivity index (χ4v) is 2.82. The van der Waals surface area contributed by atoms with E-state index in [1.165, 1.54) is 0 Å². The number of nitrogens with one attached hydrogen (secondary N) is 2. The van der Waals surface area contributed by atoms with Crippen LogP contribution in [0.5, 0.6) is 0 Å². The van der Waals surface area contributed by atoms with E-state index in [1.54, 1.807) is 0 Å². The summed E-state index contributed by atoms with van der Waals surface area (Å²) in [6.45, 7) is -0.107. The molecule has 1 saturated carbocycles. The van der Waals surface area contributed by atoms with Gasteiger partial charge in [-0.1, -0.05) is 19.3 Å². The summed E-state index contributed by atoms with van der Waals surface area (Å²) < 4.78 is 39.5. The standard InChI is InChI=1S/C16H19F3N2O3/c17-10-6-12(19)14(7-11(10)18)21-16(24)15(23)20-13-5-3-1-2-4-9(13)8-22/h6-7,9,13,22H,1-5,8H2,(H,20,23)(H,21,24). The number of hydrogen-bond acceptors (Lipinski definition) is 3. The molecule has 1 aliphatic carbocycles. The van der Waals surface area contributed by atoms with Gasteiger partial charge < -0.3 is 15.7 Å². The number of anilines is 1. The van der Waals surface area contributed by atoms with Crippen LogP contribution in [-0.4, -0.2) is 29.6 Å². The van der Waals surface area contributed by atoms with Gasteiger partial charge in [0.2, 0.25) is 0 Å². The molecule has 0 radical (unpaired) electrons. The van der Waals surface area contributed by atoms with E-state index in [1.807, 2.05) is 5.32 Å². The summed E-state index contributed by atoms with van der Waals surface area (Å²) in [4.78, 5) is 23.8. The zero-order chi connectivity index (χ0) is 17.7. The van der Waals surface area contributed by atoms with Crippen LogP contribution in [-0.2, 0) is 9.59 Å². The molecular weight excluding hydrogens is 325 g/mol. The van der Waals surface area contributed by atoms with Crippen molar-refractivity contribution >= 4 is 17.5 Å². The highest BCUT2D eigenvalue weighted by Crippen LogP contribution is 2.23. The first-order valence-electron chi connectivity index (χ1n) is 7.79. The van der Waals surface area contributed by atoms with Crippen molar-refractivity contribution in [2.45, 2.75) is 38.1 Å². The Morgan fingerprint density at radius 2 is 1.67 bits per heavy atom. The molecule has 1 aromatic carbocycles. The van der Waals surface area contributed by atoms with E-state index >= 15 is 0 Å². The maximum absolute atomic E-state index is 13.5. The first kappa shape index (κ1) is 18.3. The average molecular weight is 344 g/mol. The molecule has 3 N–H and O–H groups in total. The average Bonchev–Trinajstić information content (AvgIpc) is 2.77. The maximum atomic E-state index is 13.5. The van der Waals surface area contributed by atoms with E-state index in [0.717, 1.165) is 25.7 Å². The van der Waals surface area contributed by atoms with Crippen LogP contribution < -0.4 is 10.6 Å². The van der Waals surface area contributed by atoms with E-state index in [4.69, 9.17) is 0 Å². The summed E-state index contributed by atoms with van der Waals surface area (Å²) in [5.74, 6) is -6.25. The zero-order valence-corrected chi connectivity index (χ0v) is 12.9. The normalized spacial score (nSPS) is 21.0. The second-order valence-corrected chi connectivity index (χ2v) is 5.86. The van der Waals surface area contributed by atoms with Gasteiger partial charge in [0.25, 0.3) is 0 Å². The molecule has 24 heavy (non-hydrogen) atoms. The lowest BCUT2D eigenvalue weighted by Gasteiger charge is -2.24. The minimum Gasteiger partial charge on any atom is -0.396 e. The summed E-state index contributed by atoms with van der Waals surface area (Å²) in [5.41, 5.74) is -0.617. The summed E-state index contributed by atoms with van der Waals surface area (Å²) in [7, 11) is 0. The summed E-state index contributed by atoms with van der Waals surface area (Å²) in [6.07, 6.45) is 4.14. The summed E-state index contributed by atoms with van der Waals surface area (Å²) >= 11 is 0. The van der Waals surface area contributed by atoms with Crippen LogP contribution in [0.25, 0.3) is 0 Å². The molecule has 0 heterocycles. The van der Waals surface area contributed by atoms with E-state index in [-0.39, 0.29) is 24.6 Å². The third-order valence-corrected chi connectivity index (χ3v) is 4.17. The second-order valence-electron chi connectivity index (χ2n) is 5.86. The van der Waals surface area contributed by atoms with Crippen molar-refractivity contribution in [3.63, 3.8) is 0 Å². The van der Waals surface area contributed by atoms with Crippen molar-refractivity contribution in [3.05, 3.63) is 29.6 Å². The van der Waals surface area contributed by atoms with Gasteiger partial charge in [0, 0.05) is 30.7 Å². The lowest BCUT2D eigenvalue weighted by molar-refractivity contribution is -0.137.